The molecule has 2 aromatic rings. The molecule has 1 aliphatic rings. The van der Waals surface area contributed by atoms with E-state index in [4.69, 9.17) is 9.47 Å². The molecule has 1 saturated heterocycles. The van der Waals surface area contributed by atoms with Gasteiger partial charge in [0.25, 0.3) is 11.7 Å². The summed E-state index contributed by atoms with van der Waals surface area (Å²) >= 11 is 3.37. The zero-order valence-electron chi connectivity index (χ0n) is 17.8. The Balaban J connectivity index is 2.07. The summed E-state index contributed by atoms with van der Waals surface area (Å²) < 4.78 is 11.9. The van der Waals surface area contributed by atoms with Crippen LogP contribution in [0, 0.1) is 0 Å². The summed E-state index contributed by atoms with van der Waals surface area (Å²) in [7, 11) is 1.54. The van der Waals surface area contributed by atoms with Gasteiger partial charge in [-0.1, -0.05) is 46.3 Å². The van der Waals surface area contributed by atoms with E-state index in [9.17, 15) is 14.7 Å². The molecule has 6 nitrogen and oxygen atoms in total. The lowest BCUT2D eigenvalue weighted by Gasteiger charge is -2.26. The van der Waals surface area contributed by atoms with Crippen LogP contribution in [0.15, 0.2) is 58.6 Å². The first kappa shape index (κ1) is 23.0. The smallest absolute Gasteiger partial charge is 0.295 e. The SMILES string of the molecule is COc1ccccc1[C@@H]1C(=C(O)c2ccc(Br)cc2)C(=O)C(=O)N1CCCOC(C)C. The number of methoxy groups -OCH3 is 1. The Morgan fingerprint density at radius 1 is 1.13 bits per heavy atom. The van der Waals surface area contributed by atoms with E-state index < -0.39 is 17.7 Å². The van der Waals surface area contributed by atoms with Crippen LogP contribution in [0.1, 0.15) is 37.4 Å². The molecule has 0 radical (unpaired) electrons. The molecule has 2 aromatic carbocycles. The van der Waals surface area contributed by atoms with Crippen molar-refractivity contribution >= 4 is 33.4 Å². The minimum Gasteiger partial charge on any atom is -0.507 e. The molecule has 3 rings (SSSR count). The van der Waals surface area contributed by atoms with Crippen LogP contribution in [0.25, 0.3) is 5.76 Å². The quantitative estimate of drug-likeness (QED) is 0.253. The number of rotatable bonds is 8. The molecule has 1 amide bonds. The van der Waals surface area contributed by atoms with Crippen molar-refractivity contribution in [2.75, 3.05) is 20.3 Å². The average molecular weight is 488 g/mol. The predicted octanol–water partition coefficient (Wildman–Crippen LogP) is 4.69. The molecule has 31 heavy (non-hydrogen) atoms. The topological polar surface area (TPSA) is 76.1 Å². The van der Waals surface area contributed by atoms with E-state index in [1.54, 1.807) is 30.3 Å². The Bertz CT molecular complexity index is 984. The molecule has 0 unspecified atom stereocenters. The molecule has 1 heterocycles. The van der Waals surface area contributed by atoms with Crippen molar-refractivity contribution in [3.8, 4) is 5.75 Å². The van der Waals surface area contributed by atoms with Gasteiger partial charge < -0.3 is 19.5 Å². The summed E-state index contributed by atoms with van der Waals surface area (Å²) in [5.41, 5.74) is 1.17. The fraction of sp³-hybridized carbons (Fsp3) is 0.333. The van der Waals surface area contributed by atoms with E-state index in [0.717, 1.165) is 4.47 Å². The molecule has 1 atom stereocenters. The van der Waals surface area contributed by atoms with Gasteiger partial charge in [0.1, 0.15) is 11.5 Å². The third-order valence-electron chi connectivity index (χ3n) is 5.09. The number of amides is 1. The van der Waals surface area contributed by atoms with Crippen molar-refractivity contribution in [3.63, 3.8) is 0 Å². The first-order valence-electron chi connectivity index (χ1n) is 10.1. The summed E-state index contributed by atoms with van der Waals surface area (Å²) in [5.74, 6) is -1.01. The lowest BCUT2D eigenvalue weighted by molar-refractivity contribution is -0.140. The number of hydrogen-bond donors (Lipinski definition) is 1. The normalized spacial score (nSPS) is 18.1. The van der Waals surface area contributed by atoms with E-state index in [1.165, 1.54) is 12.0 Å². The van der Waals surface area contributed by atoms with Gasteiger partial charge in [0.2, 0.25) is 0 Å². The average Bonchev–Trinajstić information content (AvgIpc) is 3.01. The number of carbonyl (C=O) groups excluding carboxylic acids is 2. The number of likely N-dealkylation sites (tertiary alicyclic amines) is 1. The van der Waals surface area contributed by atoms with Gasteiger partial charge in [-0.05, 0) is 38.5 Å². The Labute approximate surface area is 190 Å². The van der Waals surface area contributed by atoms with E-state index in [2.05, 4.69) is 15.9 Å². The minimum atomic E-state index is -0.751. The summed E-state index contributed by atoms with van der Waals surface area (Å²) in [6, 6.07) is 13.4. The predicted molar refractivity (Wildman–Crippen MR) is 122 cm³/mol. The monoisotopic (exact) mass is 487 g/mol. The Hall–Kier alpha value is -2.64. The van der Waals surface area contributed by atoms with Crippen molar-refractivity contribution in [2.45, 2.75) is 32.4 Å². The Kier molecular flexibility index (Phi) is 7.51. The number of halogens is 1. The van der Waals surface area contributed by atoms with Gasteiger partial charge in [0.05, 0.1) is 24.8 Å². The van der Waals surface area contributed by atoms with Crippen molar-refractivity contribution in [3.05, 3.63) is 69.7 Å². The number of ketones is 1. The van der Waals surface area contributed by atoms with Crippen LogP contribution < -0.4 is 4.74 Å². The van der Waals surface area contributed by atoms with Gasteiger partial charge in [0.15, 0.2) is 0 Å². The van der Waals surface area contributed by atoms with Gasteiger partial charge >= 0.3 is 0 Å². The molecular weight excluding hydrogens is 462 g/mol. The fourth-order valence-corrected chi connectivity index (χ4v) is 3.91. The van der Waals surface area contributed by atoms with Crippen LogP contribution >= 0.6 is 15.9 Å². The number of aliphatic hydroxyl groups is 1. The molecular formula is C24H26BrNO5. The van der Waals surface area contributed by atoms with Crippen LogP contribution in [0.4, 0.5) is 0 Å². The zero-order valence-corrected chi connectivity index (χ0v) is 19.4. The van der Waals surface area contributed by atoms with E-state index >= 15 is 0 Å². The third kappa shape index (κ3) is 4.99. The number of benzene rings is 2. The Morgan fingerprint density at radius 3 is 2.45 bits per heavy atom. The molecule has 0 spiro atoms. The number of para-hydroxylation sites is 1. The highest BCUT2D eigenvalue weighted by molar-refractivity contribution is 9.10. The van der Waals surface area contributed by atoms with Crippen molar-refractivity contribution in [1.82, 2.24) is 4.90 Å². The number of carbonyl (C=O) groups is 2. The number of aliphatic hydroxyl groups excluding tert-OH is 1. The molecule has 0 saturated carbocycles. The lowest BCUT2D eigenvalue weighted by Crippen LogP contribution is -2.31. The first-order valence-corrected chi connectivity index (χ1v) is 10.9. The summed E-state index contributed by atoms with van der Waals surface area (Å²) in [6.45, 7) is 4.67. The number of nitrogens with zero attached hydrogens (tertiary/aromatic N) is 1. The third-order valence-corrected chi connectivity index (χ3v) is 5.61. The molecule has 1 N–H and O–H groups in total. The molecule has 1 aliphatic heterocycles. The van der Waals surface area contributed by atoms with Crippen molar-refractivity contribution in [1.29, 1.82) is 0 Å². The van der Waals surface area contributed by atoms with Gasteiger partial charge in [-0.25, -0.2) is 0 Å². The van der Waals surface area contributed by atoms with Crippen LogP contribution in [0.5, 0.6) is 5.75 Å². The van der Waals surface area contributed by atoms with Crippen molar-refractivity contribution in [2.24, 2.45) is 0 Å². The van der Waals surface area contributed by atoms with Gasteiger partial charge in [0, 0.05) is 28.8 Å². The molecule has 0 aliphatic carbocycles. The highest BCUT2D eigenvalue weighted by atomic mass is 79.9. The molecule has 164 valence electrons. The first-order chi connectivity index (χ1) is 14.8. The molecule has 0 bridgehead atoms. The molecule has 0 aromatic heterocycles. The van der Waals surface area contributed by atoms with E-state index in [0.29, 0.717) is 36.4 Å². The number of Topliss-reactive ketones (excluding diaryl/α,β-unsaturated/α-hetero) is 1. The number of ether oxygens (including phenoxy) is 2. The Morgan fingerprint density at radius 2 is 1.81 bits per heavy atom. The minimum absolute atomic E-state index is 0.0570. The van der Waals surface area contributed by atoms with Crippen LogP contribution in [-0.2, 0) is 14.3 Å². The second-order valence-electron chi connectivity index (χ2n) is 7.51. The molecule has 1 fully saturated rings. The maximum Gasteiger partial charge on any atom is 0.295 e. The van der Waals surface area contributed by atoms with Crippen molar-refractivity contribution < 1.29 is 24.2 Å². The number of hydrogen-bond acceptors (Lipinski definition) is 5. The fourth-order valence-electron chi connectivity index (χ4n) is 3.64. The van der Waals surface area contributed by atoms with E-state index in [-0.39, 0.29) is 17.4 Å². The van der Waals surface area contributed by atoms with Crippen LogP contribution in [0.3, 0.4) is 0 Å². The summed E-state index contributed by atoms with van der Waals surface area (Å²) in [5, 5.41) is 11.1. The highest BCUT2D eigenvalue weighted by Gasteiger charge is 2.46. The second kappa shape index (κ2) is 10.1. The summed E-state index contributed by atoms with van der Waals surface area (Å²) in [4.78, 5) is 27.5. The standard InChI is InChI=1S/C24H26BrNO5/c1-15(2)31-14-6-13-26-21(18-7-4-5-8-19(18)30-3)20(23(28)24(26)29)22(27)16-9-11-17(25)12-10-16/h4-5,7-12,15,21,27H,6,13-14H2,1-3H3/t21-/m1/s1. The maximum absolute atomic E-state index is 13.0. The zero-order chi connectivity index (χ0) is 22.5. The second-order valence-corrected chi connectivity index (χ2v) is 8.43. The van der Waals surface area contributed by atoms with E-state index in [1.807, 2.05) is 32.0 Å². The molecule has 7 heteroatoms. The van der Waals surface area contributed by atoms with Crippen LogP contribution in [0.2, 0.25) is 0 Å². The largest absolute Gasteiger partial charge is 0.507 e. The van der Waals surface area contributed by atoms with Gasteiger partial charge in [-0.2, -0.15) is 0 Å². The maximum atomic E-state index is 13.0. The highest BCUT2D eigenvalue weighted by Crippen LogP contribution is 2.42. The van der Waals surface area contributed by atoms with Crippen LogP contribution in [-0.4, -0.2) is 48.1 Å². The van der Waals surface area contributed by atoms with Gasteiger partial charge in [-0.3, -0.25) is 9.59 Å². The summed E-state index contributed by atoms with van der Waals surface area (Å²) in [6.07, 6.45) is 0.646. The lowest BCUT2D eigenvalue weighted by atomic mass is 9.94. The van der Waals surface area contributed by atoms with Gasteiger partial charge in [-0.15, -0.1) is 0 Å².